The molecular weight excluding hydrogens is 205 g/mol. The van der Waals surface area contributed by atoms with E-state index in [9.17, 15) is 4.39 Å². The molecule has 0 spiro atoms. The lowest BCUT2D eigenvalue weighted by molar-refractivity contribution is 0.619. The number of nitrogens with one attached hydrogen (secondary N) is 1. The highest BCUT2D eigenvalue weighted by atomic mass is 35.5. The van der Waals surface area contributed by atoms with Crippen molar-refractivity contribution in [2.24, 2.45) is 0 Å². The fourth-order valence-electron chi connectivity index (χ4n) is 1.32. The van der Waals surface area contributed by atoms with Crippen molar-refractivity contribution in [1.82, 2.24) is 14.7 Å². The molecule has 2 rings (SSSR count). The van der Waals surface area contributed by atoms with Gasteiger partial charge >= 0.3 is 0 Å². The molecule has 0 aromatic carbocycles. The van der Waals surface area contributed by atoms with Gasteiger partial charge in [-0.1, -0.05) is 11.6 Å². The highest BCUT2D eigenvalue weighted by Gasteiger charge is 2.09. The second-order valence-corrected chi connectivity index (χ2v) is 3.31. The maximum atomic E-state index is 12.9. The molecule has 1 N–H and O–H groups in total. The van der Waals surface area contributed by atoms with E-state index in [1.807, 2.05) is 0 Å². The Bertz CT molecular complexity index is 466. The molecule has 0 aliphatic rings. The average Bonchev–Trinajstić information content (AvgIpc) is 2.46. The molecule has 0 fully saturated rings. The van der Waals surface area contributed by atoms with Crippen molar-refractivity contribution in [1.29, 1.82) is 0 Å². The monoisotopic (exact) mass is 213 g/mol. The van der Waals surface area contributed by atoms with Crippen LogP contribution in [0.2, 0.25) is 5.15 Å². The predicted molar refractivity (Wildman–Crippen MR) is 52.9 cm³/mol. The maximum absolute atomic E-state index is 12.9. The van der Waals surface area contributed by atoms with Gasteiger partial charge in [-0.25, -0.2) is 9.37 Å². The minimum Gasteiger partial charge on any atom is -0.314 e. The van der Waals surface area contributed by atoms with E-state index in [0.29, 0.717) is 17.3 Å². The third-order valence-electron chi connectivity index (χ3n) is 1.93. The molecule has 0 unspecified atom stereocenters. The van der Waals surface area contributed by atoms with Crippen LogP contribution in [0.1, 0.15) is 5.69 Å². The van der Waals surface area contributed by atoms with Crippen LogP contribution in [0.25, 0.3) is 5.65 Å². The lowest BCUT2D eigenvalue weighted by Crippen LogP contribution is -2.05. The number of pyridine rings is 1. The molecule has 0 atom stereocenters. The van der Waals surface area contributed by atoms with Crippen LogP contribution >= 0.6 is 11.6 Å². The summed E-state index contributed by atoms with van der Waals surface area (Å²) in [5.74, 6) is -0.326. The van der Waals surface area contributed by atoms with Gasteiger partial charge in [-0.2, -0.15) is 0 Å². The van der Waals surface area contributed by atoms with Gasteiger partial charge in [-0.3, -0.25) is 4.40 Å². The molecule has 5 heteroatoms. The van der Waals surface area contributed by atoms with Gasteiger partial charge in [-0.05, 0) is 19.2 Å². The van der Waals surface area contributed by atoms with E-state index in [2.05, 4.69) is 10.3 Å². The number of aromatic nitrogens is 2. The second-order valence-electron chi connectivity index (χ2n) is 2.96. The molecule has 2 heterocycles. The first-order valence-corrected chi connectivity index (χ1v) is 4.57. The standard InChI is InChI=1S/C9H9ClFN3/c1-12-4-7-9(10)14-5-6(11)2-3-8(14)13-7/h2-3,5,12H,4H2,1H3. The van der Waals surface area contributed by atoms with Crippen molar-refractivity contribution in [2.75, 3.05) is 7.05 Å². The molecule has 0 radical (unpaired) electrons. The van der Waals surface area contributed by atoms with Crippen LogP contribution in [-0.4, -0.2) is 16.4 Å². The number of imidazole rings is 1. The third-order valence-corrected chi connectivity index (χ3v) is 2.33. The van der Waals surface area contributed by atoms with Crippen LogP contribution in [-0.2, 0) is 6.54 Å². The number of rotatable bonds is 2. The van der Waals surface area contributed by atoms with Gasteiger partial charge < -0.3 is 5.32 Å². The lowest BCUT2D eigenvalue weighted by atomic mass is 10.4. The molecule has 2 aromatic heterocycles. The Labute approximate surface area is 85.5 Å². The van der Waals surface area contributed by atoms with E-state index in [-0.39, 0.29) is 5.82 Å². The molecule has 2 aromatic rings. The van der Waals surface area contributed by atoms with Crippen molar-refractivity contribution in [3.8, 4) is 0 Å². The first-order chi connectivity index (χ1) is 6.72. The highest BCUT2D eigenvalue weighted by molar-refractivity contribution is 6.30. The molecule has 0 saturated carbocycles. The second kappa shape index (κ2) is 3.55. The summed E-state index contributed by atoms with van der Waals surface area (Å²) in [6, 6.07) is 2.96. The molecule has 0 aliphatic heterocycles. The molecule has 14 heavy (non-hydrogen) atoms. The molecule has 0 aliphatic carbocycles. The van der Waals surface area contributed by atoms with E-state index in [0.717, 1.165) is 5.69 Å². The Balaban J connectivity index is 2.62. The zero-order valence-electron chi connectivity index (χ0n) is 7.59. The third kappa shape index (κ3) is 1.47. The van der Waals surface area contributed by atoms with Crippen molar-refractivity contribution >= 4 is 17.2 Å². The Morgan fingerprint density at radius 3 is 3.07 bits per heavy atom. The zero-order valence-corrected chi connectivity index (χ0v) is 8.35. The number of nitrogens with zero attached hydrogens (tertiary/aromatic N) is 2. The van der Waals surface area contributed by atoms with Crippen LogP contribution in [0.5, 0.6) is 0 Å². The van der Waals surface area contributed by atoms with Crippen molar-refractivity contribution in [2.45, 2.75) is 6.54 Å². The van der Waals surface area contributed by atoms with E-state index >= 15 is 0 Å². The van der Waals surface area contributed by atoms with Crippen LogP contribution < -0.4 is 5.32 Å². The minimum absolute atomic E-state index is 0.326. The molecule has 3 nitrogen and oxygen atoms in total. The average molecular weight is 214 g/mol. The summed E-state index contributed by atoms with van der Waals surface area (Å²) in [5.41, 5.74) is 1.38. The summed E-state index contributed by atoms with van der Waals surface area (Å²) in [6.45, 7) is 0.572. The number of fused-ring (bicyclic) bond motifs is 1. The number of hydrogen-bond donors (Lipinski definition) is 1. The summed E-state index contributed by atoms with van der Waals surface area (Å²) in [6.07, 6.45) is 1.32. The molecule has 0 saturated heterocycles. The maximum Gasteiger partial charge on any atom is 0.139 e. The first-order valence-electron chi connectivity index (χ1n) is 4.19. The predicted octanol–water partition coefficient (Wildman–Crippen LogP) is 1.85. The van der Waals surface area contributed by atoms with Gasteiger partial charge in [0.2, 0.25) is 0 Å². The number of halogens is 2. The van der Waals surface area contributed by atoms with E-state index in [4.69, 9.17) is 11.6 Å². The lowest BCUT2D eigenvalue weighted by Gasteiger charge is -1.95. The summed E-state index contributed by atoms with van der Waals surface area (Å²) in [4.78, 5) is 4.24. The Morgan fingerprint density at radius 1 is 1.57 bits per heavy atom. The topological polar surface area (TPSA) is 29.3 Å². The fourth-order valence-corrected chi connectivity index (χ4v) is 1.56. The molecule has 0 amide bonds. The fraction of sp³-hybridized carbons (Fsp3) is 0.222. The van der Waals surface area contributed by atoms with Crippen LogP contribution in [0, 0.1) is 5.82 Å². The quantitative estimate of drug-likeness (QED) is 0.825. The SMILES string of the molecule is CNCc1nc2ccc(F)cn2c1Cl. The normalized spacial score (nSPS) is 11.1. The van der Waals surface area contributed by atoms with Gasteiger partial charge in [-0.15, -0.1) is 0 Å². The van der Waals surface area contributed by atoms with E-state index in [1.54, 1.807) is 13.1 Å². The van der Waals surface area contributed by atoms with E-state index in [1.165, 1.54) is 16.7 Å². The molecule has 74 valence electrons. The van der Waals surface area contributed by atoms with Gasteiger partial charge in [0.1, 0.15) is 16.6 Å². The summed E-state index contributed by atoms with van der Waals surface area (Å²) in [5, 5.41) is 3.40. The van der Waals surface area contributed by atoms with Crippen molar-refractivity contribution < 1.29 is 4.39 Å². The van der Waals surface area contributed by atoms with Gasteiger partial charge in [0.25, 0.3) is 0 Å². The van der Waals surface area contributed by atoms with E-state index < -0.39 is 0 Å². The minimum atomic E-state index is -0.326. The Morgan fingerprint density at radius 2 is 2.36 bits per heavy atom. The van der Waals surface area contributed by atoms with Gasteiger partial charge in [0.15, 0.2) is 0 Å². The summed E-state index contributed by atoms with van der Waals surface area (Å²) in [7, 11) is 1.81. The number of hydrogen-bond acceptors (Lipinski definition) is 2. The summed E-state index contributed by atoms with van der Waals surface area (Å²) < 4.78 is 14.4. The smallest absolute Gasteiger partial charge is 0.139 e. The highest BCUT2D eigenvalue weighted by Crippen LogP contribution is 2.18. The van der Waals surface area contributed by atoms with Crippen molar-refractivity contribution in [3.63, 3.8) is 0 Å². The van der Waals surface area contributed by atoms with Gasteiger partial charge in [0, 0.05) is 12.7 Å². The van der Waals surface area contributed by atoms with Crippen LogP contribution in [0.3, 0.4) is 0 Å². The molecule has 0 bridgehead atoms. The van der Waals surface area contributed by atoms with Gasteiger partial charge in [0.05, 0.1) is 5.69 Å². The first kappa shape index (κ1) is 9.43. The zero-order chi connectivity index (χ0) is 10.1. The Hall–Kier alpha value is -1.13. The van der Waals surface area contributed by atoms with Crippen molar-refractivity contribution in [3.05, 3.63) is 35.0 Å². The Kier molecular flexibility index (Phi) is 2.39. The largest absolute Gasteiger partial charge is 0.314 e. The van der Waals surface area contributed by atoms with Crippen LogP contribution in [0.4, 0.5) is 4.39 Å². The molecular formula is C9H9ClFN3. The summed E-state index contributed by atoms with van der Waals surface area (Å²) >= 11 is 6.00. The van der Waals surface area contributed by atoms with Crippen LogP contribution in [0.15, 0.2) is 18.3 Å².